The van der Waals surface area contributed by atoms with E-state index in [4.69, 9.17) is 4.74 Å². The van der Waals surface area contributed by atoms with Crippen molar-refractivity contribution in [2.24, 2.45) is 0 Å². The molecule has 0 aliphatic carbocycles. The Morgan fingerprint density at radius 3 is 2.85 bits per heavy atom. The number of aromatic nitrogens is 1. The summed E-state index contributed by atoms with van der Waals surface area (Å²) in [5, 5.41) is 0. The molecule has 1 amide bonds. The van der Waals surface area contributed by atoms with Gasteiger partial charge in [-0.15, -0.1) is 0 Å². The van der Waals surface area contributed by atoms with E-state index in [1.807, 2.05) is 36.7 Å². The van der Waals surface area contributed by atoms with E-state index in [0.717, 1.165) is 6.42 Å². The van der Waals surface area contributed by atoms with Gasteiger partial charge >= 0.3 is 5.97 Å². The maximum atomic E-state index is 12.6. The van der Waals surface area contributed by atoms with Crippen molar-refractivity contribution >= 4 is 11.9 Å². The fourth-order valence-corrected chi connectivity index (χ4v) is 2.67. The normalized spacial score (nSPS) is 18.6. The standard InChI is InChI=1S/C15H22N2O3/c1-4-20-15(19)13-8-6-10-17(13)14(18)12-7-5-9-16(12)11(2)3/h5,7,9,11,13H,4,6,8,10H2,1-3H3. The molecule has 0 N–H and O–H groups in total. The van der Waals surface area contributed by atoms with Gasteiger partial charge in [0.2, 0.25) is 0 Å². The summed E-state index contributed by atoms with van der Waals surface area (Å²) < 4.78 is 7.00. The summed E-state index contributed by atoms with van der Waals surface area (Å²) in [6.45, 7) is 6.81. The van der Waals surface area contributed by atoms with Gasteiger partial charge < -0.3 is 14.2 Å². The van der Waals surface area contributed by atoms with E-state index in [0.29, 0.717) is 25.3 Å². The summed E-state index contributed by atoms with van der Waals surface area (Å²) in [5.74, 6) is -0.375. The highest BCUT2D eigenvalue weighted by atomic mass is 16.5. The molecule has 1 atom stereocenters. The van der Waals surface area contributed by atoms with Crippen LogP contribution >= 0.6 is 0 Å². The van der Waals surface area contributed by atoms with E-state index in [1.165, 1.54) is 0 Å². The first-order valence-electron chi connectivity index (χ1n) is 7.20. The summed E-state index contributed by atoms with van der Waals surface area (Å²) in [5.41, 5.74) is 0.635. The Kier molecular flexibility index (Phi) is 4.47. The second-order valence-electron chi connectivity index (χ2n) is 5.30. The molecule has 1 unspecified atom stereocenters. The lowest BCUT2D eigenvalue weighted by molar-refractivity contribution is -0.147. The molecule has 0 aromatic carbocycles. The Hall–Kier alpha value is -1.78. The van der Waals surface area contributed by atoms with Gasteiger partial charge in [0.15, 0.2) is 0 Å². The molecule has 20 heavy (non-hydrogen) atoms. The lowest BCUT2D eigenvalue weighted by Crippen LogP contribution is -2.42. The van der Waals surface area contributed by atoms with Crippen LogP contribution in [0.5, 0.6) is 0 Å². The number of hydrogen-bond acceptors (Lipinski definition) is 3. The Morgan fingerprint density at radius 2 is 2.20 bits per heavy atom. The first kappa shape index (κ1) is 14.6. The van der Waals surface area contributed by atoms with Gasteiger partial charge in [-0.1, -0.05) is 0 Å². The SMILES string of the molecule is CCOC(=O)C1CCCN1C(=O)c1cccn1C(C)C. The predicted octanol–water partition coefficient (Wildman–Crippen LogP) is 2.24. The van der Waals surface area contributed by atoms with Gasteiger partial charge in [-0.05, 0) is 45.7 Å². The highest BCUT2D eigenvalue weighted by Crippen LogP contribution is 2.22. The first-order valence-corrected chi connectivity index (χ1v) is 7.20. The lowest BCUT2D eigenvalue weighted by Gasteiger charge is -2.24. The maximum absolute atomic E-state index is 12.6. The number of ether oxygens (including phenoxy) is 1. The second-order valence-corrected chi connectivity index (χ2v) is 5.30. The van der Waals surface area contributed by atoms with Gasteiger partial charge in [-0.3, -0.25) is 4.79 Å². The average molecular weight is 278 g/mol. The van der Waals surface area contributed by atoms with Gasteiger partial charge in [-0.2, -0.15) is 0 Å². The monoisotopic (exact) mass is 278 g/mol. The van der Waals surface area contributed by atoms with E-state index in [2.05, 4.69) is 0 Å². The number of hydrogen-bond donors (Lipinski definition) is 0. The van der Waals surface area contributed by atoms with E-state index in [9.17, 15) is 9.59 Å². The van der Waals surface area contributed by atoms with Crippen molar-refractivity contribution < 1.29 is 14.3 Å². The molecular weight excluding hydrogens is 256 g/mol. The van der Waals surface area contributed by atoms with Crippen molar-refractivity contribution in [3.05, 3.63) is 24.0 Å². The molecule has 1 aromatic rings. The summed E-state index contributed by atoms with van der Waals surface area (Å²) in [6, 6.07) is 3.46. The van der Waals surface area contributed by atoms with Crippen LogP contribution in [0.25, 0.3) is 0 Å². The minimum Gasteiger partial charge on any atom is -0.464 e. The van der Waals surface area contributed by atoms with Crippen LogP contribution in [-0.4, -0.2) is 40.5 Å². The first-order chi connectivity index (χ1) is 9.56. The third-order valence-electron chi connectivity index (χ3n) is 3.63. The molecule has 1 aliphatic heterocycles. The zero-order valence-electron chi connectivity index (χ0n) is 12.3. The zero-order chi connectivity index (χ0) is 14.7. The van der Waals surface area contributed by atoms with Gasteiger partial charge in [0.1, 0.15) is 11.7 Å². The van der Waals surface area contributed by atoms with Crippen LogP contribution in [0.1, 0.15) is 50.1 Å². The van der Waals surface area contributed by atoms with Crippen molar-refractivity contribution in [1.82, 2.24) is 9.47 Å². The molecule has 2 rings (SSSR count). The van der Waals surface area contributed by atoms with E-state index < -0.39 is 6.04 Å². The number of esters is 1. The molecule has 0 bridgehead atoms. The van der Waals surface area contributed by atoms with Gasteiger partial charge in [-0.25, -0.2) is 4.79 Å². The predicted molar refractivity (Wildman–Crippen MR) is 75.5 cm³/mol. The van der Waals surface area contributed by atoms with Gasteiger partial charge in [0.25, 0.3) is 5.91 Å². The highest BCUT2D eigenvalue weighted by Gasteiger charge is 2.36. The molecule has 1 fully saturated rings. The van der Waals surface area contributed by atoms with Crippen LogP contribution in [0.4, 0.5) is 0 Å². The minimum atomic E-state index is -0.432. The van der Waals surface area contributed by atoms with Crippen LogP contribution < -0.4 is 0 Å². The Balaban J connectivity index is 2.19. The lowest BCUT2D eigenvalue weighted by atomic mass is 10.2. The van der Waals surface area contributed by atoms with E-state index in [-0.39, 0.29) is 17.9 Å². The fourth-order valence-electron chi connectivity index (χ4n) is 2.67. The molecule has 0 radical (unpaired) electrons. The highest BCUT2D eigenvalue weighted by molar-refractivity contribution is 5.96. The fraction of sp³-hybridized carbons (Fsp3) is 0.600. The molecule has 5 heteroatoms. The number of likely N-dealkylation sites (tertiary alicyclic amines) is 1. The number of amides is 1. The zero-order valence-corrected chi connectivity index (χ0v) is 12.3. The average Bonchev–Trinajstić information content (AvgIpc) is 3.07. The summed E-state index contributed by atoms with van der Waals surface area (Å²) in [7, 11) is 0. The molecule has 0 saturated carbocycles. The van der Waals surface area contributed by atoms with Crippen molar-refractivity contribution in [2.75, 3.05) is 13.2 Å². The van der Waals surface area contributed by atoms with Crippen LogP contribution in [0, 0.1) is 0 Å². The van der Waals surface area contributed by atoms with Crippen molar-refractivity contribution in [3.63, 3.8) is 0 Å². The van der Waals surface area contributed by atoms with Crippen LogP contribution in [0.2, 0.25) is 0 Å². The Labute approximate surface area is 119 Å². The maximum Gasteiger partial charge on any atom is 0.328 e. The molecule has 1 aliphatic rings. The summed E-state index contributed by atoms with van der Waals surface area (Å²) in [6.07, 6.45) is 3.43. The minimum absolute atomic E-state index is 0.0840. The molecule has 2 heterocycles. The van der Waals surface area contributed by atoms with Crippen molar-refractivity contribution in [2.45, 2.75) is 45.7 Å². The third kappa shape index (κ3) is 2.71. The van der Waals surface area contributed by atoms with E-state index in [1.54, 1.807) is 11.8 Å². The number of nitrogens with zero attached hydrogens (tertiary/aromatic N) is 2. The largest absolute Gasteiger partial charge is 0.464 e. The van der Waals surface area contributed by atoms with Crippen LogP contribution in [0.15, 0.2) is 18.3 Å². The third-order valence-corrected chi connectivity index (χ3v) is 3.63. The van der Waals surface area contributed by atoms with Crippen LogP contribution in [-0.2, 0) is 9.53 Å². The summed E-state index contributed by atoms with van der Waals surface area (Å²) in [4.78, 5) is 26.2. The van der Waals surface area contributed by atoms with Crippen molar-refractivity contribution in [1.29, 1.82) is 0 Å². The molecule has 1 aromatic heterocycles. The quantitative estimate of drug-likeness (QED) is 0.794. The summed E-state index contributed by atoms with van der Waals surface area (Å²) >= 11 is 0. The number of carbonyl (C=O) groups excluding carboxylic acids is 2. The van der Waals surface area contributed by atoms with Gasteiger partial charge in [0.05, 0.1) is 6.61 Å². The molecular formula is C15H22N2O3. The van der Waals surface area contributed by atoms with Gasteiger partial charge in [0, 0.05) is 18.8 Å². The molecule has 5 nitrogen and oxygen atoms in total. The van der Waals surface area contributed by atoms with E-state index >= 15 is 0 Å². The van der Waals surface area contributed by atoms with Crippen LogP contribution in [0.3, 0.4) is 0 Å². The molecule has 1 saturated heterocycles. The second kappa shape index (κ2) is 6.11. The molecule has 0 spiro atoms. The topological polar surface area (TPSA) is 51.5 Å². The molecule has 110 valence electrons. The van der Waals surface area contributed by atoms with Crippen molar-refractivity contribution in [3.8, 4) is 0 Å². The number of carbonyl (C=O) groups is 2. The Bertz CT molecular complexity index is 493. The smallest absolute Gasteiger partial charge is 0.328 e. The Morgan fingerprint density at radius 1 is 1.45 bits per heavy atom. The number of rotatable bonds is 4.